The normalized spacial score (nSPS) is 19.6. The first-order valence-corrected chi connectivity index (χ1v) is 10.6. The van der Waals surface area contributed by atoms with Crippen molar-refractivity contribution >= 4 is 17.3 Å². The zero-order valence-corrected chi connectivity index (χ0v) is 17.4. The van der Waals surface area contributed by atoms with Crippen molar-refractivity contribution in [3.05, 3.63) is 52.4 Å². The average Bonchev–Trinajstić information content (AvgIpc) is 2.80. The molecule has 1 N–H and O–H groups in total. The molecule has 0 spiro atoms. The van der Waals surface area contributed by atoms with Crippen LogP contribution in [-0.4, -0.2) is 55.1 Å². The van der Waals surface area contributed by atoms with E-state index >= 15 is 0 Å². The summed E-state index contributed by atoms with van der Waals surface area (Å²) in [5.74, 6) is -0.0239. The second-order valence-electron chi connectivity index (χ2n) is 7.94. The topological polar surface area (TPSA) is 79.7 Å². The quantitative estimate of drug-likeness (QED) is 0.795. The van der Waals surface area contributed by atoms with E-state index in [1.54, 1.807) is 19.3 Å². The Kier molecular flexibility index (Phi) is 6.32. The van der Waals surface area contributed by atoms with Crippen molar-refractivity contribution in [1.29, 1.82) is 0 Å². The molecule has 0 radical (unpaired) electrons. The Morgan fingerprint density at radius 2 is 1.90 bits per heavy atom. The number of nitrogens with zero attached hydrogens (tertiary/aromatic N) is 4. The number of aryl methyl sites for hydroxylation is 1. The van der Waals surface area contributed by atoms with E-state index in [9.17, 15) is 9.59 Å². The van der Waals surface area contributed by atoms with Gasteiger partial charge < -0.3 is 19.9 Å². The standard InChI is InChI=1S/C22H29N5O3/c1-25-21(28)13-20(15-24-25)27-8-2-3-18(16-27)22(29)23-14-17-4-6-19(7-5-17)26-9-11-30-12-10-26/h4-7,13,15,18H,2-3,8-12,14,16H2,1H3,(H,23,29). The highest BCUT2D eigenvalue weighted by molar-refractivity contribution is 5.79. The molecule has 1 amide bonds. The number of ether oxygens (including phenoxy) is 1. The van der Waals surface area contributed by atoms with Crippen LogP contribution in [-0.2, 0) is 23.1 Å². The number of benzene rings is 1. The predicted octanol–water partition coefficient (Wildman–Crippen LogP) is 1.15. The van der Waals surface area contributed by atoms with E-state index in [0.29, 0.717) is 13.1 Å². The molecule has 4 rings (SSSR count). The molecule has 2 aliphatic heterocycles. The van der Waals surface area contributed by atoms with Crippen LogP contribution in [0.3, 0.4) is 0 Å². The molecule has 1 unspecified atom stereocenters. The highest BCUT2D eigenvalue weighted by Crippen LogP contribution is 2.22. The molecule has 0 bridgehead atoms. The van der Waals surface area contributed by atoms with Crippen molar-refractivity contribution in [2.75, 3.05) is 49.2 Å². The van der Waals surface area contributed by atoms with Crippen molar-refractivity contribution in [3.8, 4) is 0 Å². The first-order chi connectivity index (χ1) is 14.6. The van der Waals surface area contributed by atoms with Crippen molar-refractivity contribution < 1.29 is 9.53 Å². The van der Waals surface area contributed by atoms with Gasteiger partial charge in [0.2, 0.25) is 5.91 Å². The van der Waals surface area contributed by atoms with Crippen molar-refractivity contribution in [1.82, 2.24) is 15.1 Å². The third-order valence-electron chi connectivity index (χ3n) is 5.89. The molecule has 2 aromatic rings. The summed E-state index contributed by atoms with van der Waals surface area (Å²) in [7, 11) is 1.63. The number of anilines is 2. The van der Waals surface area contributed by atoms with Gasteiger partial charge >= 0.3 is 0 Å². The van der Waals surface area contributed by atoms with Crippen molar-refractivity contribution in [2.45, 2.75) is 19.4 Å². The molecule has 1 aromatic carbocycles. The van der Waals surface area contributed by atoms with Crippen molar-refractivity contribution in [2.24, 2.45) is 13.0 Å². The molecule has 3 heterocycles. The Balaban J connectivity index is 1.31. The summed E-state index contributed by atoms with van der Waals surface area (Å²) < 4.78 is 6.71. The van der Waals surface area contributed by atoms with Gasteiger partial charge in [-0.2, -0.15) is 5.10 Å². The molecule has 2 saturated heterocycles. The molecule has 0 aliphatic carbocycles. The number of carbonyl (C=O) groups is 1. The minimum atomic E-state index is -0.139. The number of piperidine rings is 1. The third kappa shape index (κ3) is 4.81. The van der Waals surface area contributed by atoms with Gasteiger partial charge in [0.15, 0.2) is 0 Å². The number of morpholine rings is 1. The second kappa shape index (κ2) is 9.30. The lowest BCUT2D eigenvalue weighted by Crippen LogP contribution is -2.43. The second-order valence-corrected chi connectivity index (χ2v) is 7.94. The highest BCUT2D eigenvalue weighted by atomic mass is 16.5. The monoisotopic (exact) mass is 411 g/mol. The first kappa shape index (κ1) is 20.4. The maximum absolute atomic E-state index is 12.7. The maximum atomic E-state index is 12.7. The molecule has 160 valence electrons. The van der Waals surface area contributed by atoms with E-state index in [-0.39, 0.29) is 17.4 Å². The summed E-state index contributed by atoms with van der Waals surface area (Å²) in [6.07, 6.45) is 3.47. The number of hydrogen-bond acceptors (Lipinski definition) is 6. The van der Waals surface area contributed by atoms with Gasteiger partial charge in [-0.1, -0.05) is 12.1 Å². The van der Waals surface area contributed by atoms with Gasteiger partial charge in [0.25, 0.3) is 5.56 Å². The number of rotatable bonds is 5. The Hall–Kier alpha value is -2.87. The molecular weight excluding hydrogens is 382 g/mol. The lowest BCUT2D eigenvalue weighted by atomic mass is 9.96. The van der Waals surface area contributed by atoms with Crippen LogP contribution in [0, 0.1) is 5.92 Å². The smallest absolute Gasteiger partial charge is 0.268 e. The van der Waals surface area contributed by atoms with Crippen LogP contribution in [0.25, 0.3) is 0 Å². The van der Waals surface area contributed by atoms with Gasteiger partial charge in [-0.15, -0.1) is 0 Å². The van der Waals surface area contributed by atoms with E-state index in [2.05, 4.69) is 44.5 Å². The summed E-state index contributed by atoms with van der Waals surface area (Å²) in [5, 5.41) is 7.17. The number of carbonyl (C=O) groups excluding carboxylic acids is 1. The summed E-state index contributed by atoms with van der Waals surface area (Å²) in [6, 6.07) is 9.95. The number of hydrogen-bond donors (Lipinski definition) is 1. The lowest BCUT2D eigenvalue weighted by Gasteiger charge is -2.33. The van der Waals surface area contributed by atoms with E-state index in [1.165, 1.54) is 10.4 Å². The Labute approximate surface area is 176 Å². The molecule has 1 aromatic heterocycles. The number of amides is 1. The average molecular weight is 412 g/mol. The Morgan fingerprint density at radius 3 is 2.63 bits per heavy atom. The fourth-order valence-corrected chi connectivity index (χ4v) is 4.04. The van der Waals surface area contributed by atoms with Gasteiger partial charge in [-0.25, -0.2) is 4.68 Å². The van der Waals surface area contributed by atoms with Crippen LogP contribution in [0.1, 0.15) is 18.4 Å². The van der Waals surface area contributed by atoms with Gasteiger partial charge in [0.05, 0.1) is 31.0 Å². The summed E-state index contributed by atoms with van der Waals surface area (Å²) in [4.78, 5) is 29.0. The molecular formula is C22H29N5O3. The summed E-state index contributed by atoms with van der Waals surface area (Å²) >= 11 is 0. The fourth-order valence-electron chi connectivity index (χ4n) is 4.04. The minimum absolute atomic E-state index is 0.0637. The van der Waals surface area contributed by atoms with Crippen LogP contribution in [0.15, 0.2) is 41.3 Å². The molecule has 8 nitrogen and oxygen atoms in total. The fraction of sp³-hybridized carbons (Fsp3) is 0.500. The van der Waals surface area contributed by atoms with Crippen LogP contribution in [0.2, 0.25) is 0 Å². The van der Waals surface area contributed by atoms with E-state index in [4.69, 9.17) is 4.74 Å². The Bertz CT molecular complexity index is 921. The summed E-state index contributed by atoms with van der Waals surface area (Å²) in [5.41, 5.74) is 2.93. The maximum Gasteiger partial charge on any atom is 0.268 e. The van der Waals surface area contributed by atoms with Crippen LogP contribution >= 0.6 is 0 Å². The van der Waals surface area contributed by atoms with Gasteiger partial charge in [-0.3, -0.25) is 9.59 Å². The molecule has 2 fully saturated rings. The first-order valence-electron chi connectivity index (χ1n) is 10.6. The zero-order valence-electron chi connectivity index (χ0n) is 17.4. The third-order valence-corrected chi connectivity index (χ3v) is 5.89. The lowest BCUT2D eigenvalue weighted by molar-refractivity contribution is -0.125. The number of aromatic nitrogens is 2. The summed E-state index contributed by atoms with van der Waals surface area (Å²) in [6.45, 7) is 5.33. The van der Waals surface area contributed by atoms with Crippen LogP contribution in [0.4, 0.5) is 11.4 Å². The van der Waals surface area contributed by atoms with E-state index in [1.807, 2.05) is 0 Å². The van der Waals surface area contributed by atoms with E-state index < -0.39 is 0 Å². The SMILES string of the molecule is Cn1ncc(N2CCCC(C(=O)NCc3ccc(N4CCOCC4)cc3)C2)cc1=O. The zero-order chi connectivity index (χ0) is 20.9. The van der Waals surface area contributed by atoms with Crippen LogP contribution in [0.5, 0.6) is 0 Å². The van der Waals surface area contributed by atoms with Gasteiger partial charge in [0.1, 0.15) is 0 Å². The van der Waals surface area contributed by atoms with E-state index in [0.717, 1.165) is 56.9 Å². The van der Waals surface area contributed by atoms with Crippen LogP contribution < -0.4 is 20.7 Å². The largest absolute Gasteiger partial charge is 0.378 e. The molecule has 0 saturated carbocycles. The predicted molar refractivity (Wildman–Crippen MR) is 116 cm³/mol. The molecule has 30 heavy (non-hydrogen) atoms. The van der Waals surface area contributed by atoms with Gasteiger partial charge in [-0.05, 0) is 30.5 Å². The Morgan fingerprint density at radius 1 is 1.13 bits per heavy atom. The highest BCUT2D eigenvalue weighted by Gasteiger charge is 2.26. The van der Waals surface area contributed by atoms with Crippen molar-refractivity contribution in [3.63, 3.8) is 0 Å². The minimum Gasteiger partial charge on any atom is -0.378 e. The number of nitrogens with one attached hydrogen (secondary N) is 1. The molecule has 2 aliphatic rings. The molecule has 1 atom stereocenters. The van der Waals surface area contributed by atoms with Gasteiger partial charge in [0, 0.05) is 51.5 Å². The molecule has 8 heteroatoms.